The minimum atomic E-state index is -0.218. The highest BCUT2D eigenvalue weighted by Gasteiger charge is 2.16. The van der Waals surface area contributed by atoms with E-state index >= 15 is 0 Å². The summed E-state index contributed by atoms with van der Waals surface area (Å²) < 4.78 is 11.3. The molecule has 1 aliphatic rings. The third-order valence-corrected chi connectivity index (χ3v) is 4.58. The van der Waals surface area contributed by atoms with Gasteiger partial charge in [0.1, 0.15) is 12.4 Å². The van der Waals surface area contributed by atoms with Crippen LogP contribution in [0.3, 0.4) is 0 Å². The second-order valence-electron chi connectivity index (χ2n) is 7.65. The Hall–Kier alpha value is -2.86. The van der Waals surface area contributed by atoms with Gasteiger partial charge >= 0.3 is 0 Å². The predicted molar refractivity (Wildman–Crippen MR) is 113 cm³/mol. The summed E-state index contributed by atoms with van der Waals surface area (Å²) in [5, 5.41) is 5.72. The van der Waals surface area contributed by atoms with Gasteiger partial charge in [-0.25, -0.2) is 0 Å². The molecule has 1 fully saturated rings. The Kier molecular flexibility index (Phi) is 7.25. The Morgan fingerprint density at radius 3 is 2.48 bits per heavy atom. The molecule has 1 aliphatic heterocycles. The third kappa shape index (κ3) is 6.61. The van der Waals surface area contributed by atoms with Gasteiger partial charge in [0.05, 0.1) is 6.10 Å². The van der Waals surface area contributed by atoms with Crippen molar-refractivity contribution >= 4 is 23.2 Å². The van der Waals surface area contributed by atoms with E-state index in [4.69, 9.17) is 9.47 Å². The smallest absolute Gasteiger partial charge is 0.255 e. The highest BCUT2D eigenvalue weighted by molar-refractivity contribution is 6.04. The quantitative estimate of drug-likeness (QED) is 0.690. The van der Waals surface area contributed by atoms with Crippen molar-refractivity contribution in [2.45, 2.75) is 39.2 Å². The molecule has 1 heterocycles. The van der Waals surface area contributed by atoms with E-state index in [0.717, 1.165) is 19.4 Å². The van der Waals surface area contributed by atoms with Gasteiger partial charge in [-0.3, -0.25) is 9.59 Å². The Morgan fingerprint density at radius 1 is 1.10 bits per heavy atom. The SMILES string of the molecule is CC(C)CC(=O)Nc1ccc(NC(=O)c2cccc(OCC3CCCO3)c2)cc1. The first kappa shape index (κ1) is 20.9. The monoisotopic (exact) mass is 396 g/mol. The van der Waals surface area contributed by atoms with Crippen LogP contribution in [0.25, 0.3) is 0 Å². The Bertz CT molecular complexity index is 827. The number of hydrogen-bond donors (Lipinski definition) is 2. The summed E-state index contributed by atoms with van der Waals surface area (Å²) in [6.07, 6.45) is 2.68. The lowest BCUT2D eigenvalue weighted by molar-refractivity contribution is -0.116. The van der Waals surface area contributed by atoms with Gasteiger partial charge in [0.25, 0.3) is 5.91 Å². The second kappa shape index (κ2) is 10.1. The summed E-state index contributed by atoms with van der Waals surface area (Å²) >= 11 is 0. The van der Waals surface area contributed by atoms with Gasteiger partial charge in [-0.05, 0) is 61.2 Å². The fourth-order valence-electron chi connectivity index (χ4n) is 3.12. The standard InChI is InChI=1S/C23H28N2O4/c1-16(2)13-22(26)24-18-8-10-19(11-9-18)25-23(27)17-5-3-6-20(14-17)29-15-21-7-4-12-28-21/h3,5-6,8-11,14,16,21H,4,7,12-13,15H2,1-2H3,(H,24,26)(H,25,27). The van der Waals surface area contributed by atoms with Gasteiger partial charge < -0.3 is 20.1 Å². The zero-order valence-electron chi connectivity index (χ0n) is 16.9. The molecule has 1 atom stereocenters. The first-order chi connectivity index (χ1) is 14.0. The molecule has 2 amide bonds. The summed E-state index contributed by atoms with van der Waals surface area (Å²) in [5.41, 5.74) is 1.88. The molecule has 29 heavy (non-hydrogen) atoms. The van der Waals surface area contributed by atoms with Crippen molar-refractivity contribution in [3.8, 4) is 5.75 Å². The van der Waals surface area contributed by atoms with Gasteiger partial charge in [0, 0.05) is 30.0 Å². The van der Waals surface area contributed by atoms with Crippen molar-refractivity contribution in [2.75, 3.05) is 23.8 Å². The molecule has 0 spiro atoms. The van der Waals surface area contributed by atoms with Crippen molar-refractivity contribution in [3.63, 3.8) is 0 Å². The topological polar surface area (TPSA) is 76.7 Å². The number of carbonyl (C=O) groups excluding carboxylic acids is 2. The van der Waals surface area contributed by atoms with Gasteiger partial charge in [-0.2, -0.15) is 0 Å². The van der Waals surface area contributed by atoms with Gasteiger partial charge in [-0.1, -0.05) is 19.9 Å². The van der Waals surface area contributed by atoms with Crippen molar-refractivity contribution in [3.05, 3.63) is 54.1 Å². The number of amides is 2. The third-order valence-electron chi connectivity index (χ3n) is 4.58. The summed E-state index contributed by atoms with van der Waals surface area (Å²) in [4.78, 5) is 24.4. The number of rotatable bonds is 8. The average molecular weight is 396 g/mol. The first-order valence-corrected chi connectivity index (χ1v) is 10.1. The van der Waals surface area contributed by atoms with Gasteiger partial charge in [0.2, 0.25) is 5.91 Å². The van der Waals surface area contributed by atoms with Crippen molar-refractivity contribution in [1.29, 1.82) is 0 Å². The molecule has 0 bridgehead atoms. The molecule has 1 unspecified atom stereocenters. The summed E-state index contributed by atoms with van der Waals surface area (Å²) in [7, 11) is 0. The van der Waals surface area contributed by atoms with E-state index in [1.54, 1.807) is 42.5 Å². The number of carbonyl (C=O) groups is 2. The van der Waals surface area contributed by atoms with E-state index < -0.39 is 0 Å². The van der Waals surface area contributed by atoms with E-state index in [1.165, 1.54) is 0 Å². The number of benzene rings is 2. The van der Waals surface area contributed by atoms with Crippen LogP contribution in [0, 0.1) is 5.92 Å². The molecular weight excluding hydrogens is 368 g/mol. The lowest BCUT2D eigenvalue weighted by Gasteiger charge is -2.12. The van der Waals surface area contributed by atoms with Crippen molar-refractivity contribution < 1.29 is 19.1 Å². The minimum absolute atomic E-state index is 0.0170. The average Bonchev–Trinajstić information content (AvgIpc) is 3.21. The largest absolute Gasteiger partial charge is 0.491 e. The molecule has 0 saturated carbocycles. The Balaban J connectivity index is 1.54. The fraction of sp³-hybridized carbons (Fsp3) is 0.391. The zero-order chi connectivity index (χ0) is 20.6. The normalized spacial score (nSPS) is 15.9. The highest BCUT2D eigenvalue weighted by atomic mass is 16.5. The molecule has 2 N–H and O–H groups in total. The maximum Gasteiger partial charge on any atom is 0.255 e. The van der Waals surface area contributed by atoms with E-state index in [0.29, 0.717) is 41.6 Å². The second-order valence-corrected chi connectivity index (χ2v) is 7.65. The fourth-order valence-corrected chi connectivity index (χ4v) is 3.12. The van der Waals surface area contributed by atoms with E-state index in [9.17, 15) is 9.59 Å². The summed E-state index contributed by atoms with van der Waals surface area (Å²) in [6, 6.07) is 14.2. The van der Waals surface area contributed by atoms with Crippen LogP contribution in [0.5, 0.6) is 5.75 Å². The molecule has 3 rings (SSSR count). The number of anilines is 2. The van der Waals surface area contributed by atoms with Gasteiger partial charge in [0.15, 0.2) is 0 Å². The molecular formula is C23H28N2O4. The van der Waals surface area contributed by atoms with Crippen LogP contribution in [0.4, 0.5) is 11.4 Å². The molecule has 1 saturated heterocycles. The summed E-state index contributed by atoms with van der Waals surface area (Å²) in [5.74, 6) is 0.719. The number of hydrogen-bond acceptors (Lipinski definition) is 4. The molecule has 2 aromatic carbocycles. The first-order valence-electron chi connectivity index (χ1n) is 10.1. The minimum Gasteiger partial charge on any atom is -0.491 e. The number of ether oxygens (including phenoxy) is 2. The van der Waals surface area contributed by atoms with Crippen LogP contribution < -0.4 is 15.4 Å². The molecule has 0 radical (unpaired) electrons. The van der Waals surface area contributed by atoms with Crippen LogP contribution in [0.15, 0.2) is 48.5 Å². The Morgan fingerprint density at radius 2 is 1.83 bits per heavy atom. The van der Waals surface area contributed by atoms with Crippen LogP contribution in [-0.2, 0) is 9.53 Å². The predicted octanol–water partition coefficient (Wildman–Crippen LogP) is 4.48. The lowest BCUT2D eigenvalue weighted by Crippen LogP contribution is -2.17. The maximum absolute atomic E-state index is 12.5. The van der Waals surface area contributed by atoms with Gasteiger partial charge in [-0.15, -0.1) is 0 Å². The van der Waals surface area contributed by atoms with Crippen LogP contribution in [-0.4, -0.2) is 31.1 Å². The van der Waals surface area contributed by atoms with Crippen molar-refractivity contribution in [2.24, 2.45) is 5.92 Å². The highest BCUT2D eigenvalue weighted by Crippen LogP contribution is 2.19. The van der Waals surface area contributed by atoms with Crippen LogP contribution >= 0.6 is 0 Å². The molecule has 154 valence electrons. The Labute approximate surface area is 171 Å². The lowest BCUT2D eigenvalue weighted by atomic mass is 10.1. The van der Waals surface area contributed by atoms with E-state index in [2.05, 4.69) is 10.6 Å². The van der Waals surface area contributed by atoms with Crippen LogP contribution in [0.1, 0.15) is 43.5 Å². The van der Waals surface area contributed by atoms with E-state index in [-0.39, 0.29) is 17.9 Å². The summed E-state index contributed by atoms with van der Waals surface area (Å²) in [6.45, 7) is 5.28. The van der Waals surface area contributed by atoms with Crippen molar-refractivity contribution in [1.82, 2.24) is 0 Å². The molecule has 0 aliphatic carbocycles. The number of nitrogens with one attached hydrogen (secondary N) is 2. The van der Waals surface area contributed by atoms with Crippen LogP contribution in [0.2, 0.25) is 0 Å². The maximum atomic E-state index is 12.5. The molecule has 0 aromatic heterocycles. The molecule has 6 heteroatoms. The molecule has 2 aromatic rings. The molecule has 6 nitrogen and oxygen atoms in total. The van der Waals surface area contributed by atoms with E-state index in [1.807, 2.05) is 19.9 Å². The zero-order valence-corrected chi connectivity index (χ0v) is 16.9.